The smallest absolute Gasteiger partial charge is 0.221 e. The maximum absolute atomic E-state index is 11.9. The Labute approximate surface area is 144 Å². The predicted molar refractivity (Wildman–Crippen MR) is 91.9 cm³/mol. The molecule has 0 heterocycles. The molecule has 0 bridgehead atoms. The second kappa shape index (κ2) is 10.2. The number of hydrogen-bond donors (Lipinski definition) is 3. The molecule has 0 rings (SSSR count). The van der Waals surface area contributed by atoms with E-state index in [0.29, 0.717) is 6.42 Å². The van der Waals surface area contributed by atoms with Gasteiger partial charge in [0.15, 0.2) is 11.6 Å². The summed E-state index contributed by atoms with van der Waals surface area (Å²) in [7, 11) is 0. The number of ketones is 2. The van der Waals surface area contributed by atoms with Gasteiger partial charge in [0.1, 0.15) is 6.17 Å². The van der Waals surface area contributed by atoms with Crippen LogP contribution in [0, 0.1) is 11.3 Å². The van der Waals surface area contributed by atoms with Crippen LogP contribution in [-0.4, -0.2) is 36.1 Å². The summed E-state index contributed by atoms with van der Waals surface area (Å²) in [6, 6.07) is 0. The number of carbonyl (C=O) groups excluding carboxylic acids is 4. The minimum Gasteiger partial charge on any atom is -0.349 e. The van der Waals surface area contributed by atoms with Crippen LogP contribution in [-0.2, 0) is 19.2 Å². The Kier molecular flexibility index (Phi) is 9.43. The van der Waals surface area contributed by atoms with Crippen molar-refractivity contribution in [1.29, 1.82) is 0 Å². The first-order chi connectivity index (χ1) is 11.0. The largest absolute Gasteiger partial charge is 0.349 e. The van der Waals surface area contributed by atoms with Gasteiger partial charge in [0.25, 0.3) is 0 Å². The van der Waals surface area contributed by atoms with Gasteiger partial charge in [-0.15, -0.1) is 0 Å². The molecule has 0 aromatic heterocycles. The fraction of sp³-hybridized carbons (Fsp3) is 0.765. The van der Waals surface area contributed by atoms with Gasteiger partial charge in [-0.2, -0.15) is 0 Å². The molecule has 0 aromatic rings. The first-order valence-corrected chi connectivity index (χ1v) is 8.35. The van der Waals surface area contributed by atoms with E-state index in [1.54, 1.807) is 20.8 Å². The van der Waals surface area contributed by atoms with E-state index in [2.05, 4.69) is 10.6 Å². The summed E-state index contributed by atoms with van der Waals surface area (Å²) in [4.78, 5) is 46.6. The van der Waals surface area contributed by atoms with E-state index < -0.39 is 11.6 Å². The molecular formula is C17H31N3O4. The Hall–Kier alpha value is -1.76. The molecule has 0 aliphatic carbocycles. The second-order valence-electron chi connectivity index (χ2n) is 7.10. The van der Waals surface area contributed by atoms with Crippen molar-refractivity contribution in [2.75, 3.05) is 6.54 Å². The zero-order valence-corrected chi connectivity index (χ0v) is 15.4. The van der Waals surface area contributed by atoms with Crippen LogP contribution in [0.5, 0.6) is 0 Å². The fourth-order valence-electron chi connectivity index (χ4n) is 1.95. The molecule has 7 nitrogen and oxygen atoms in total. The number of carbonyl (C=O) groups is 4. The highest BCUT2D eigenvalue weighted by Crippen LogP contribution is 2.26. The number of Topliss-reactive ketones (excluding diaryl/α,β-unsaturated/α-hetero) is 2. The maximum atomic E-state index is 11.9. The van der Waals surface area contributed by atoms with Crippen LogP contribution in [0.25, 0.3) is 0 Å². The van der Waals surface area contributed by atoms with E-state index in [0.717, 1.165) is 0 Å². The molecule has 24 heavy (non-hydrogen) atoms. The normalized spacial score (nSPS) is 12.6. The number of amides is 2. The number of rotatable bonds is 11. The van der Waals surface area contributed by atoms with Crippen LogP contribution < -0.4 is 16.4 Å². The molecule has 0 aliphatic rings. The topological polar surface area (TPSA) is 118 Å². The Morgan fingerprint density at radius 2 is 1.62 bits per heavy atom. The Balaban J connectivity index is 4.29. The average molecular weight is 341 g/mol. The van der Waals surface area contributed by atoms with Crippen LogP contribution in [0.2, 0.25) is 0 Å². The zero-order valence-electron chi connectivity index (χ0n) is 15.4. The highest BCUT2D eigenvalue weighted by Gasteiger charge is 2.25. The lowest BCUT2D eigenvalue weighted by Gasteiger charge is -2.24. The van der Waals surface area contributed by atoms with Gasteiger partial charge in [-0.1, -0.05) is 34.6 Å². The van der Waals surface area contributed by atoms with Gasteiger partial charge < -0.3 is 16.4 Å². The van der Waals surface area contributed by atoms with Gasteiger partial charge in [-0.3, -0.25) is 19.2 Å². The van der Waals surface area contributed by atoms with Crippen LogP contribution in [0.15, 0.2) is 0 Å². The molecule has 0 fully saturated rings. The van der Waals surface area contributed by atoms with Crippen molar-refractivity contribution in [2.24, 2.45) is 17.1 Å². The molecule has 0 radical (unpaired) electrons. The molecule has 0 saturated heterocycles. The fourth-order valence-corrected chi connectivity index (χ4v) is 1.95. The van der Waals surface area contributed by atoms with E-state index in [9.17, 15) is 19.2 Å². The summed E-state index contributed by atoms with van der Waals surface area (Å²) >= 11 is 0. The summed E-state index contributed by atoms with van der Waals surface area (Å²) in [5, 5.41) is 5.03. The van der Waals surface area contributed by atoms with Crippen molar-refractivity contribution < 1.29 is 19.2 Å². The molecule has 7 heteroatoms. The van der Waals surface area contributed by atoms with Gasteiger partial charge in [-0.25, -0.2) is 0 Å². The number of nitrogens with two attached hydrogens (primary N) is 1. The molecule has 2 amide bonds. The quantitative estimate of drug-likeness (QED) is 0.483. The number of nitrogens with one attached hydrogen (secondary N) is 2. The summed E-state index contributed by atoms with van der Waals surface area (Å²) < 4.78 is 0. The highest BCUT2D eigenvalue weighted by molar-refractivity contribution is 5.89. The third kappa shape index (κ3) is 9.39. The van der Waals surface area contributed by atoms with Crippen molar-refractivity contribution >= 4 is 23.4 Å². The third-order valence-corrected chi connectivity index (χ3v) is 3.78. The zero-order chi connectivity index (χ0) is 18.9. The van der Waals surface area contributed by atoms with Gasteiger partial charge in [0.05, 0.1) is 6.54 Å². The molecule has 0 spiro atoms. The van der Waals surface area contributed by atoms with Crippen LogP contribution in [0.1, 0.15) is 60.3 Å². The average Bonchev–Trinajstić information content (AvgIpc) is 2.49. The van der Waals surface area contributed by atoms with Crippen LogP contribution in [0.4, 0.5) is 0 Å². The molecule has 0 unspecified atom stereocenters. The Bertz CT molecular complexity index is 472. The highest BCUT2D eigenvalue weighted by atomic mass is 16.2. The van der Waals surface area contributed by atoms with Gasteiger partial charge in [0, 0.05) is 25.2 Å². The monoisotopic (exact) mass is 341 g/mol. The lowest BCUT2D eigenvalue weighted by Crippen LogP contribution is -2.47. The summed E-state index contributed by atoms with van der Waals surface area (Å²) in [5.41, 5.74) is 5.23. The summed E-state index contributed by atoms with van der Waals surface area (Å²) in [5.74, 6) is -0.890. The standard InChI is InChI=1S/C17H31N3O4/c1-6-14(23)20-16(18)12(21)7-8-17(4,5)9-15(24)19-10-13(22)11(2)3/h11,16H,6-10,18H2,1-5H3,(H,19,24)(H,20,23)/t16-/m1/s1. The van der Waals surface area contributed by atoms with E-state index >= 15 is 0 Å². The van der Waals surface area contributed by atoms with Gasteiger partial charge in [-0.05, 0) is 11.8 Å². The van der Waals surface area contributed by atoms with Crippen molar-refractivity contribution in [2.45, 2.75) is 66.5 Å². The lowest BCUT2D eigenvalue weighted by atomic mass is 9.83. The van der Waals surface area contributed by atoms with E-state index in [1.807, 2.05) is 13.8 Å². The Morgan fingerprint density at radius 1 is 1.04 bits per heavy atom. The molecular weight excluding hydrogens is 310 g/mol. The lowest BCUT2D eigenvalue weighted by molar-refractivity contribution is -0.128. The predicted octanol–water partition coefficient (Wildman–Crippen LogP) is 0.904. The molecule has 4 N–H and O–H groups in total. The number of hydrogen-bond acceptors (Lipinski definition) is 5. The van der Waals surface area contributed by atoms with Crippen molar-refractivity contribution in [3.63, 3.8) is 0 Å². The maximum Gasteiger partial charge on any atom is 0.221 e. The van der Waals surface area contributed by atoms with Crippen LogP contribution in [0.3, 0.4) is 0 Å². The van der Waals surface area contributed by atoms with E-state index in [4.69, 9.17) is 5.73 Å². The summed E-state index contributed by atoms with van der Waals surface area (Å²) in [6.45, 7) is 9.02. The minimum atomic E-state index is -1.01. The minimum absolute atomic E-state index is 0.0195. The first-order valence-electron chi connectivity index (χ1n) is 8.35. The molecule has 0 aliphatic heterocycles. The van der Waals surface area contributed by atoms with E-state index in [-0.39, 0.29) is 55.1 Å². The molecule has 1 atom stereocenters. The Morgan fingerprint density at radius 3 is 2.12 bits per heavy atom. The van der Waals surface area contributed by atoms with Crippen molar-refractivity contribution in [3.8, 4) is 0 Å². The first kappa shape index (κ1) is 22.2. The van der Waals surface area contributed by atoms with Gasteiger partial charge in [0.2, 0.25) is 11.8 Å². The van der Waals surface area contributed by atoms with Gasteiger partial charge >= 0.3 is 0 Å². The molecule has 0 saturated carbocycles. The van der Waals surface area contributed by atoms with Crippen molar-refractivity contribution in [3.05, 3.63) is 0 Å². The molecule has 0 aromatic carbocycles. The second-order valence-corrected chi connectivity index (χ2v) is 7.10. The SMILES string of the molecule is CCC(=O)N[C@@H](N)C(=O)CCC(C)(C)CC(=O)NCC(=O)C(C)C. The summed E-state index contributed by atoms with van der Waals surface area (Å²) in [6.07, 6.45) is 0.110. The van der Waals surface area contributed by atoms with Crippen LogP contribution >= 0.6 is 0 Å². The van der Waals surface area contributed by atoms with Crippen molar-refractivity contribution in [1.82, 2.24) is 10.6 Å². The molecule has 138 valence electrons. The third-order valence-electron chi connectivity index (χ3n) is 3.78. The van der Waals surface area contributed by atoms with E-state index in [1.165, 1.54) is 0 Å².